The van der Waals surface area contributed by atoms with Crippen molar-refractivity contribution in [1.29, 1.82) is 0 Å². The summed E-state index contributed by atoms with van der Waals surface area (Å²) in [6.07, 6.45) is 0. The van der Waals surface area contributed by atoms with Crippen molar-refractivity contribution in [2.45, 2.75) is 0 Å². The minimum Gasteiger partial charge on any atom is -0.496 e. The highest BCUT2D eigenvalue weighted by Crippen LogP contribution is 2.28. The van der Waals surface area contributed by atoms with Gasteiger partial charge in [0.05, 0.1) is 12.8 Å². The predicted octanol–water partition coefficient (Wildman–Crippen LogP) is 2.74. The van der Waals surface area contributed by atoms with Crippen LogP contribution in [0.3, 0.4) is 0 Å². The summed E-state index contributed by atoms with van der Waals surface area (Å²) in [5.41, 5.74) is 1.71. The molecule has 0 saturated heterocycles. The summed E-state index contributed by atoms with van der Waals surface area (Å²) < 4.78 is 5.21. The van der Waals surface area contributed by atoms with Crippen molar-refractivity contribution in [2.75, 3.05) is 7.11 Å². The Hall–Kier alpha value is -1.48. The summed E-state index contributed by atoms with van der Waals surface area (Å²) >= 11 is 5.75. The van der Waals surface area contributed by atoms with Crippen LogP contribution in [0, 0.1) is 0 Å². The van der Waals surface area contributed by atoms with Crippen molar-refractivity contribution >= 4 is 11.6 Å². The Balaban J connectivity index is 2.50. The second kappa shape index (κ2) is 3.72. The second-order valence-electron chi connectivity index (χ2n) is 2.80. The van der Waals surface area contributed by atoms with Gasteiger partial charge in [-0.25, -0.2) is 0 Å². The van der Waals surface area contributed by atoms with E-state index in [9.17, 15) is 0 Å². The van der Waals surface area contributed by atoms with Crippen molar-refractivity contribution < 1.29 is 4.74 Å². The van der Waals surface area contributed by atoms with Crippen LogP contribution in [0.15, 0.2) is 30.3 Å². The third-order valence-electron chi connectivity index (χ3n) is 1.93. The summed E-state index contributed by atoms with van der Waals surface area (Å²) in [5.74, 6) is 0.788. The fourth-order valence-corrected chi connectivity index (χ4v) is 1.44. The molecule has 0 atom stereocenters. The minimum atomic E-state index is 0.519. The predicted molar refractivity (Wildman–Crippen MR) is 55.6 cm³/mol. The average molecular weight is 209 g/mol. The number of hydrogen-bond donors (Lipinski definition) is 1. The number of methoxy groups -OCH3 is 1. The number of aromatic amines is 1. The number of benzene rings is 1. The van der Waals surface area contributed by atoms with Crippen LogP contribution in [0.5, 0.6) is 5.75 Å². The molecule has 1 aromatic carbocycles. The Morgan fingerprint density at radius 1 is 1.36 bits per heavy atom. The Bertz CT molecular complexity index is 439. The summed E-state index contributed by atoms with van der Waals surface area (Å²) in [7, 11) is 1.63. The number of halogens is 1. The summed E-state index contributed by atoms with van der Waals surface area (Å²) in [4.78, 5) is 0. The van der Waals surface area contributed by atoms with E-state index in [1.165, 1.54) is 0 Å². The summed E-state index contributed by atoms with van der Waals surface area (Å²) in [6, 6.07) is 9.43. The quantitative estimate of drug-likeness (QED) is 0.824. The molecule has 0 aliphatic rings. The Labute approximate surface area is 86.7 Å². The zero-order chi connectivity index (χ0) is 9.97. The lowest BCUT2D eigenvalue weighted by Gasteiger charge is -2.04. The van der Waals surface area contributed by atoms with Crippen LogP contribution in [0.1, 0.15) is 0 Å². The van der Waals surface area contributed by atoms with Crippen LogP contribution in [-0.4, -0.2) is 17.3 Å². The summed E-state index contributed by atoms with van der Waals surface area (Å²) in [6.45, 7) is 0. The van der Waals surface area contributed by atoms with E-state index in [4.69, 9.17) is 16.3 Å². The monoisotopic (exact) mass is 208 g/mol. The maximum atomic E-state index is 5.75. The molecule has 72 valence electrons. The molecule has 0 spiro atoms. The molecule has 3 nitrogen and oxygen atoms in total. The van der Waals surface area contributed by atoms with Crippen molar-refractivity contribution in [2.24, 2.45) is 0 Å². The molecule has 0 amide bonds. The molecule has 0 fully saturated rings. The molecule has 4 heteroatoms. The topological polar surface area (TPSA) is 37.9 Å². The van der Waals surface area contributed by atoms with Gasteiger partial charge in [0.2, 0.25) is 0 Å². The van der Waals surface area contributed by atoms with E-state index in [1.807, 2.05) is 24.3 Å². The van der Waals surface area contributed by atoms with Gasteiger partial charge in [-0.15, -0.1) is 0 Å². The van der Waals surface area contributed by atoms with Gasteiger partial charge in [0.15, 0.2) is 0 Å². The molecule has 1 aromatic heterocycles. The van der Waals surface area contributed by atoms with Gasteiger partial charge in [-0.2, -0.15) is 5.10 Å². The maximum absolute atomic E-state index is 5.75. The van der Waals surface area contributed by atoms with Crippen LogP contribution in [0.25, 0.3) is 11.3 Å². The molecule has 2 rings (SSSR count). The number of nitrogens with one attached hydrogen (secondary N) is 1. The first-order valence-corrected chi connectivity index (χ1v) is 4.53. The molecule has 0 bridgehead atoms. The Morgan fingerprint density at radius 2 is 2.14 bits per heavy atom. The van der Waals surface area contributed by atoms with Crippen molar-refractivity contribution in [3.63, 3.8) is 0 Å². The zero-order valence-corrected chi connectivity index (χ0v) is 8.38. The third kappa shape index (κ3) is 1.59. The van der Waals surface area contributed by atoms with Gasteiger partial charge in [-0.05, 0) is 12.1 Å². The van der Waals surface area contributed by atoms with Crippen LogP contribution < -0.4 is 4.74 Å². The number of ether oxygens (including phenoxy) is 1. The molecule has 0 unspecified atom stereocenters. The van der Waals surface area contributed by atoms with Gasteiger partial charge in [0, 0.05) is 11.6 Å². The second-order valence-corrected chi connectivity index (χ2v) is 3.21. The Morgan fingerprint density at radius 3 is 2.79 bits per heavy atom. The highest BCUT2D eigenvalue weighted by atomic mass is 35.5. The molecule has 0 aliphatic carbocycles. The fraction of sp³-hybridized carbons (Fsp3) is 0.100. The van der Waals surface area contributed by atoms with E-state index < -0.39 is 0 Å². The van der Waals surface area contributed by atoms with Gasteiger partial charge in [0.25, 0.3) is 0 Å². The fourth-order valence-electron chi connectivity index (χ4n) is 1.29. The number of rotatable bonds is 2. The average Bonchev–Trinajstić information content (AvgIpc) is 2.65. The molecular formula is C10H9ClN2O. The van der Waals surface area contributed by atoms with Gasteiger partial charge < -0.3 is 4.74 Å². The van der Waals surface area contributed by atoms with Crippen LogP contribution >= 0.6 is 11.6 Å². The number of aromatic nitrogens is 2. The lowest BCUT2D eigenvalue weighted by atomic mass is 10.1. The van der Waals surface area contributed by atoms with Crippen LogP contribution in [-0.2, 0) is 0 Å². The highest BCUT2D eigenvalue weighted by Gasteiger charge is 2.07. The van der Waals surface area contributed by atoms with Crippen LogP contribution in [0.2, 0.25) is 5.15 Å². The first kappa shape index (κ1) is 9.09. The lowest BCUT2D eigenvalue weighted by Crippen LogP contribution is -1.87. The van der Waals surface area contributed by atoms with E-state index in [-0.39, 0.29) is 0 Å². The number of H-pyrrole nitrogens is 1. The molecule has 14 heavy (non-hydrogen) atoms. The number of para-hydroxylation sites is 1. The first-order chi connectivity index (χ1) is 6.81. The van der Waals surface area contributed by atoms with Gasteiger partial charge in [0.1, 0.15) is 10.9 Å². The van der Waals surface area contributed by atoms with Crippen LogP contribution in [0.4, 0.5) is 0 Å². The van der Waals surface area contributed by atoms with E-state index >= 15 is 0 Å². The highest BCUT2D eigenvalue weighted by molar-refractivity contribution is 6.29. The van der Waals surface area contributed by atoms with Gasteiger partial charge in [-0.3, -0.25) is 5.10 Å². The van der Waals surface area contributed by atoms with Gasteiger partial charge >= 0.3 is 0 Å². The normalized spacial score (nSPS) is 10.1. The smallest absolute Gasteiger partial charge is 0.128 e. The molecule has 0 saturated carbocycles. The zero-order valence-electron chi connectivity index (χ0n) is 7.62. The SMILES string of the molecule is COc1ccccc1-c1cc(Cl)[nH]n1. The van der Waals surface area contributed by atoms with E-state index in [2.05, 4.69) is 10.2 Å². The van der Waals surface area contributed by atoms with Crippen molar-refractivity contribution in [1.82, 2.24) is 10.2 Å². The largest absolute Gasteiger partial charge is 0.496 e. The van der Waals surface area contributed by atoms with E-state index in [0.29, 0.717) is 5.15 Å². The molecular weight excluding hydrogens is 200 g/mol. The van der Waals surface area contributed by atoms with E-state index in [1.54, 1.807) is 13.2 Å². The maximum Gasteiger partial charge on any atom is 0.128 e. The Kier molecular flexibility index (Phi) is 2.41. The minimum absolute atomic E-state index is 0.519. The number of nitrogens with zero attached hydrogens (tertiary/aromatic N) is 1. The number of hydrogen-bond acceptors (Lipinski definition) is 2. The van der Waals surface area contributed by atoms with E-state index in [0.717, 1.165) is 17.0 Å². The molecule has 0 radical (unpaired) electrons. The van der Waals surface area contributed by atoms with Crippen molar-refractivity contribution in [3.8, 4) is 17.0 Å². The molecule has 0 aliphatic heterocycles. The van der Waals surface area contributed by atoms with Crippen molar-refractivity contribution in [3.05, 3.63) is 35.5 Å². The molecule has 1 heterocycles. The molecule has 1 N–H and O–H groups in total. The van der Waals surface area contributed by atoms with Gasteiger partial charge in [-0.1, -0.05) is 23.7 Å². The third-order valence-corrected chi connectivity index (χ3v) is 2.12. The summed E-state index contributed by atoms with van der Waals surface area (Å²) in [5, 5.41) is 7.26. The first-order valence-electron chi connectivity index (χ1n) is 4.15. The molecule has 2 aromatic rings. The standard InChI is InChI=1S/C10H9ClN2O/c1-14-9-5-3-2-4-7(9)8-6-10(11)13-12-8/h2-6H,1H3,(H,12,13). The lowest BCUT2D eigenvalue weighted by molar-refractivity contribution is 0.416.